The summed E-state index contributed by atoms with van der Waals surface area (Å²) in [7, 11) is 1.32. The summed E-state index contributed by atoms with van der Waals surface area (Å²) in [6.45, 7) is 0. The third-order valence-electron chi connectivity index (χ3n) is 7.99. The SMILES string of the molecule is CO[C@]1(c2ccc(O)cc2)Oc2cc(O)c3c(c2[C@]12Oc1cc(O)cc(O)c1C2=O)O[C@@H](c1ccc(O)cc1)CC3. The summed E-state index contributed by atoms with van der Waals surface area (Å²) in [4.78, 5) is 14.6. The van der Waals surface area contributed by atoms with Crippen LogP contribution in [0.3, 0.4) is 0 Å². The molecular formula is C31H24O10. The van der Waals surface area contributed by atoms with Crippen LogP contribution in [0.15, 0.2) is 66.7 Å². The minimum atomic E-state index is -2.14. The maximum atomic E-state index is 14.6. The molecule has 10 nitrogen and oxygen atoms in total. The number of phenols is 5. The highest BCUT2D eigenvalue weighted by Gasteiger charge is 2.74. The van der Waals surface area contributed by atoms with Crippen LogP contribution in [0.5, 0.6) is 46.0 Å². The van der Waals surface area contributed by atoms with Gasteiger partial charge in [-0.25, -0.2) is 0 Å². The van der Waals surface area contributed by atoms with Crippen molar-refractivity contribution in [1.29, 1.82) is 0 Å². The molecule has 208 valence electrons. The van der Waals surface area contributed by atoms with Gasteiger partial charge in [-0.2, -0.15) is 0 Å². The fourth-order valence-electron chi connectivity index (χ4n) is 6.15. The molecule has 0 aromatic heterocycles. The zero-order chi connectivity index (χ0) is 28.7. The molecule has 3 aliphatic heterocycles. The van der Waals surface area contributed by atoms with E-state index in [1.54, 1.807) is 24.3 Å². The third kappa shape index (κ3) is 3.25. The number of rotatable bonds is 3. The Kier molecular flexibility index (Phi) is 5.14. The second-order valence-electron chi connectivity index (χ2n) is 10.2. The van der Waals surface area contributed by atoms with Gasteiger partial charge in [0.15, 0.2) is 0 Å². The van der Waals surface area contributed by atoms with Gasteiger partial charge in [-0.05, 0) is 54.8 Å². The lowest BCUT2D eigenvalue weighted by molar-refractivity contribution is -0.237. The molecule has 0 unspecified atom stereocenters. The fraction of sp³-hybridized carbons (Fsp3) is 0.194. The van der Waals surface area contributed by atoms with Gasteiger partial charge in [-0.1, -0.05) is 12.1 Å². The number of phenolic OH excluding ortho intramolecular Hbond substituents is 5. The maximum Gasteiger partial charge on any atom is 0.289 e. The molecule has 0 radical (unpaired) electrons. The van der Waals surface area contributed by atoms with Crippen LogP contribution in [0.4, 0.5) is 0 Å². The topological polar surface area (TPSA) is 155 Å². The zero-order valence-electron chi connectivity index (χ0n) is 21.6. The molecule has 7 rings (SSSR count). The van der Waals surface area contributed by atoms with Crippen molar-refractivity contribution in [1.82, 2.24) is 0 Å². The molecule has 41 heavy (non-hydrogen) atoms. The number of hydrogen-bond donors (Lipinski definition) is 5. The Morgan fingerprint density at radius 3 is 2.17 bits per heavy atom. The van der Waals surface area contributed by atoms with Gasteiger partial charge in [0.05, 0.1) is 5.56 Å². The molecule has 4 aromatic carbocycles. The van der Waals surface area contributed by atoms with Crippen molar-refractivity contribution in [2.75, 3.05) is 7.11 Å². The van der Waals surface area contributed by atoms with Crippen LogP contribution in [-0.4, -0.2) is 38.4 Å². The molecule has 0 saturated heterocycles. The van der Waals surface area contributed by atoms with E-state index in [2.05, 4.69) is 0 Å². The minimum Gasteiger partial charge on any atom is -0.508 e. The van der Waals surface area contributed by atoms with Crippen LogP contribution in [0.2, 0.25) is 0 Å². The van der Waals surface area contributed by atoms with Crippen LogP contribution < -0.4 is 14.2 Å². The first-order valence-electron chi connectivity index (χ1n) is 12.9. The largest absolute Gasteiger partial charge is 0.508 e. The molecule has 4 aromatic rings. The number of aromatic hydroxyl groups is 5. The van der Waals surface area contributed by atoms with Gasteiger partial charge in [0, 0.05) is 36.4 Å². The Labute approximate surface area is 233 Å². The zero-order valence-corrected chi connectivity index (χ0v) is 21.6. The molecule has 5 N–H and O–H groups in total. The van der Waals surface area contributed by atoms with E-state index >= 15 is 0 Å². The minimum absolute atomic E-state index is 0.0378. The highest BCUT2D eigenvalue weighted by molar-refractivity contribution is 6.12. The van der Waals surface area contributed by atoms with Crippen LogP contribution in [0, 0.1) is 0 Å². The van der Waals surface area contributed by atoms with E-state index in [0.29, 0.717) is 18.4 Å². The molecule has 0 amide bonds. The van der Waals surface area contributed by atoms with Gasteiger partial charge in [-0.3, -0.25) is 4.79 Å². The lowest BCUT2D eigenvalue weighted by Gasteiger charge is -2.39. The van der Waals surface area contributed by atoms with Crippen LogP contribution in [0.1, 0.15) is 45.1 Å². The monoisotopic (exact) mass is 556 g/mol. The molecule has 10 heteroatoms. The van der Waals surface area contributed by atoms with Gasteiger partial charge in [0.2, 0.25) is 5.78 Å². The number of fused-ring (bicyclic) bond motifs is 5. The predicted molar refractivity (Wildman–Crippen MR) is 142 cm³/mol. The molecular weight excluding hydrogens is 532 g/mol. The number of carbonyl (C=O) groups is 1. The lowest BCUT2D eigenvalue weighted by Crippen LogP contribution is -2.56. The molecule has 0 fully saturated rings. The van der Waals surface area contributed by atoms with E-state index in [-0.39, 0.29) is 56.9 Å². The number of ether oxygens (including phenoxy) is 4. The Balaban J connectivity index is 1.50. The first-order valence-corrected chi connectivity index (χ1v) is 12.9. The smallest absolute Gasteiger partial charge is 0.289 e. The Morgan fingerprint density at radius 1 is 0.805 bits per heavy atom. The quantitative estimate of drug-likeness (QED) is 0.241. The van der Waals surface area contributed by atoms with E-state index in [1.807, 2.05) is 0 Å². The number of methoxy groups -OCH3 is 1. The van der Waals surface area contributed by atoms with Crippen molar-refractivity contribution in [3.63, 3.8) is 0 Å². The highest BCUT2D eigenvalue weighted by Crippen LogP contribution is 2.65. The van der Waals surface area contributed by atoms with Crippen molar-refractivity contribution in [3.8, 4) is 46.0 Å². The normalized spacial score (nSPS) is 23.7. The van der Waals surface area contributed by atoms with Gasteiger partial charge in [-0.15, -0.1) is 0 Å². The van der Waals surface area contributed by atoms with Gasteiger partial charge in [0.1, 0.15) is 57.7 Å². The maximum absolute atomic E-state index is 14.6. The number of carbonyl (C=O) groups excluding carboxylic acids is 1. The second-order valence-corrected chi connectivity index (χ2v) is 10.2. The summed E-state index contributed by atoms with van der Waals surface area (Å²) in [5.41, 5.74) is -0.705. The highest BCUT2D eigenvalue weighted by atomic mass is 16.7. The Bertz CT molecular complexity index is 1730. The van der Waals surface area contributed by atoms with E-state index in [9.17, 15) is 30.3 Å². The van der Waals surface area contributed by atoms with E-state index in [0.717, 1.165) is 11.6 Å². The van der Waals surface area contributed by atoms with Crippen molar-refractivity contribution in [3.05, 3.63) is 94.5 Å². The summed E-state index contributed by atoms with van der Waals surface area (Å²) < 4.78 is 25.4. The average molecular weight is 557 g/mol. The number of Topliss-reactive ketones (excluding diaryl/α,β-unsaturated/α-hetero) is 1. The summed E-state index contributed by atoms with van der Waals surface area (Å²) in [5.74, 6) is -3.50. The van der Waals surface area contributed by atoms with Crippen molar-refractivity contribution < 1.29 is 49.3 Å². The molecule has 3 aliphatic rings. The third-order valence-corrected chi connectivity index (χ3v) is 7.99. The molecule has 0 bridgehead atoms. The second kappa shape index (κ2) is 8.45. The predicted octanol–water partition coefficient (Wildman–Crippen LogP) is 4.64. The van der Waals surface area contributed by atoms with Crippen LogP contribution in [0.25, 0.3) is 0 Å². The standard InChI is InChI=1S/C31H24O10/c1-38-31(16-4-8-18(33)9-5-16)30(29(37)26-22(36)12-19(34)13-24(26)40-30)27-25(41-31)14-21(35)20-10-11-23(39-28(20)27)15-2-6-17(32)7-3-15/h2-9,12-14,23,32-36H,10-11H2,1H3/t23-,30-,31-/m1/s1. The molecule has 0 aliphatic carbocycles. The fourth-order valence-corrected chi connectivity index (χ4v) is 6.15. The van der Waals surface area contributed by atoms with Crippen molar-refractivity contribution in [2.45, 2.75) is 30.3 Å². The first kappa shape index (κ1) is 24.9. The molecule has 3 atom stereocenters. The Hall–Kier alpha value is -5.09. The molecule has 0 saturated carbocycles. The molecule has 3 heterocycles. The Morgan fingerprint density at radius 2 is 1.49 bits per heavy atom. The van der Waals surface area contributed by atoms with E-state index in [4.69, 9.17) is 18.9 Å². The van der Waals surface area contributed by atoms with E-state index in [1.165, 1.54) is 43.5 Å². The summed E-state index contributed by atoms with van der Waals surface area (Å²) in [6.07, 6.45) is 0.367. The van der Waals surface area contributed by atoms with Crippen molar-refractivity contribution in [2.24, 2.45) is 0 Å². The van der Waals surface area contributed by atoms with Gasteiger partial charge >= 0.3 is 0 Å². The van der Waals surface area contributed by atoms with Gasteiger partial charge in [0.25, 0.3) is 11.4 Å². The molecule has 1 spiro atoms. The average Bonchev–Trinajstić information content (AvgIpc) is 3.41. The van der Waals surface area contributed by atoms with E-state index < -0.39 is 29.0 Å². The number of hydrogen-bond acceptors (Lipinski definition) is 10. The summed E-state index contributed by atoms with van der Waals surface area (Å²) >= 11 is 0. The van der Waals surface area contributed by atoms with Crippen LogP contribution in [-0.2, 0) is 22.5 Å². The summed E-state index contributed by atoms with van der Waals surface area (Å²) in [5, 5.41) is 51.8. The lowest BCUT2D eigenvalue weighted by atomic mass is 9.77. The number of ketones is 1. The first-order chi connectivity index (χ1) is 19.7. The number of benzene rings is 4. The van der Waals surface area contributed by atoms with Gasteiger partial charge < -0.3 is 44.5 Å². The van der Waals surface area contributed by atoms with Crippen LogP contribution >= 0.6 is 0 Å². The summed E-state index contributed by atoms with van der Waals surface area (Å²) in [6, 6.07) is 16.0. The van der Waals surface area contributed by atoms with Crippen molar-refractivity contribution >= 4 is 5.78 Å².